The molecule has 2 heterocycles. The molecule has 0 bridgehead atoms. The predicted molar refractivity (Wildman–Crippen MR) is 82.2 cm³/mol. The number of rotatable bonds is 5. The lowest BCUT2D eigenvalue weighted by Crippen LogP contribution is -2.14. The Kier molecular flexibility index (Phi) is 4.34. The number of thiocarbonyl (C=S) groups is 1. The number of pyridine rings is 1. The molecule has 2 aromatic heterocycles. The first-order valence-corrected chi connectivity index (χ1v) is 6.90. The molecular weight excluding hydrogens is 272 g/mol. The van der Waals surface area contributed by atoms with Gasteiger partial charge in [-0.05, 0) is 20.3 Å². The van der Waals surface area contributed by atoms with Gasteiger partial charge in [0.2, 0.25) is 0 Å². The van der Waals surface area contributed by atoms with Crippen molar-refractivity contribution in [2.75, 3.05) is 0 Å². The van der Waals surface area contributed by atoms with Crippen LogP contribution < -0.4 is 10.5 Å². The van der Waals surface area contributed by atoms with Crippen LogP contribution in [0.5, 0.6) is 11.5 Å². The topological polar surface area (TPSA) is 66.0 Å². The molecule has 20 heavy (non-hydrogen) atoms. The highest BCUT2D eigenvalue weighted by Crippen LogP contribution is 2.27. The molecule has 0 amide bonds. The molecule has 0 spiro atoms. The van der Waals surface area contributed by atoms with Crippen LogP contribution in [0.15, 0.2) is 18.5 Å². The zero-order chi connectivity index (χ0) is 14.7. The highest BCUT2D eigenvalue weighted by molar-refractivity contribution is 7.80. The van der Waals surface area contributed by atoms with Gasteiger partial charge >= 0.3 is 0 Å². The molecule has 2 N–H and O–H groups in total. The monoisotopic (exact) mass is 290 g/mol. The second-order valence-corrected chi connectivity index (χ2v) is 5.07. The third-order valence-corrected chi connectivity index (χ3v) is 3.03. The van der Waals surface area contributed by atoms with Crippen LogP contribution in [0.1, 0.15) is 30.3 Å². The van der Waals surface area contributed by atoms with Crippen molar-refractivity contribution < 1.29 is 4.74 Å². The predicted octanol–water partition coefficient (Wildman–Crippen LogP) is 2.73. The standard InChI is InChI=1S/C14H18N4OS/c1-4-5-18-8-11(7-16-18)19-12-6-9(2)17-10(3)13(12)14(15)20/h6-8H,4-5H2,1-3H3,(H2,15,20). The van der Waals surface area contributed by atoms with Gasteiger partial charge in [0.05, 0.1) is 23.7 Å². The average molecular weight is 290 g/mol. The van der Waals surface area contributed by atoms with Crippen molar-refractivity contribution in [3.63, 3.8) is 0 Å². The minimum Gasteiger partial charge on any atom is -0.453 e. The molecule has 0 radical (unpaired) electrons. The summed E-state index contributed by atoms with van der Waals surface area (Å²) in [7, 11) is 0. The van der Waals surface area contributed by atoms with Crippen LogP contribution in [0.2, 0.25) is 0 Å². The Morgan fingerprint density at radius 3 is 2.85 bits per heavy atom. The van der Waals surface area contributed by atoms with Gasteiger partial charge in [0.25, 0.3) is 0 Å². The van der Waals surface area contributed by atoms with E-state index >= 15 is 0 Å². The van der Waals surface area contributed by atoms with Crippen molar-refractivity contribution in [2.24, 2.45) is 5.73 Å². The maximum atomic E-state index is 5.87. The van der Waals surface area contributed by atoms with Gasteiger partial charge < -0.3 is 10.5 Å². The second kappa shape index (κ2) is 6.00. The van der Waals surface area contributed by atoms with E-state index < -0.39 is 0 Å². The SMILES string of the molecule is CCCn1cc(Oc2cc(C)nc(C)c2C(N)=S)cn1. The van der Waals surface area contributed by atoms with E-state index in [1.165, 1.54) is 0 Å². The Hall–Kier alpha value is -1.95. The smallest absolute Gasteiger partial charge is 0.165 e. The largest absolute Gasteiger partial charge is 0.453 e. The molecule has 2 rings (SSSR count). The van der Waals surface area contributed by atoms with E-state index in [0.29, 0.717) is 17.1 Å². The summed E-state index contributed by atoms with van der Waals surface area (Å²) >= 11 is 5.08. The summed E-state index contributed by atoms with van der Waals surface area (Å²) in [6.07, 6.45) is 4.56. The lowest BCUT2D eigenvalue weighted by molar-refractivity contribution is 0.477. The van der Waals surface area contributed by atoms with Crippen molar-refractivity contribution in [3.8, 4) is 11.5 Å². The fourth-order valence-corrected chi connectivity index (χ4v) is 2.30. The number of aromatic nitrogens is 3. The van der Waals surface area contributed by atoms with E-state index in [9.17, 15) is 0 Å². The molecule has 0 unspecified atom stereocenters. The fraction of sp³-hybridized carbons (Fsp3) is 0.357. The summed E-state index contributed by atoms with van der Waals surface area (Å²) in [6.45, 7) is 6.74. The summed E-state index contributed by atoms with van der Waals surface area (Å²) in [5.41, 5.74) is 8.07. The maximum Gasteiger partial charge on any atom is 0.165 e. The molecule has 6 heteroatoms. The van der Waals surface area contributed by atoms with Crippen LogP contribution in [0.3, 0.4) is 0 Å². The number of ether oxygens (including phenoxy) is 1. The summed E-state index contributed by atoms with van der Waals surface area (Å²) < 4.78 is 7.71. The van der Waals surface area contributed by atoms with E-state index in [0.717, 1.165) is 24.4 Å². The highest BCUT2D eigenvalue weighted by atomic mass is 32.1. The zero-order valence-corrected chi connectivity index (χ0v) is 12.7. The van der Waals surface area contributed by atoms with Crippen molar-refractivity contribution in [1.29, 1.82) is 0 Å². The fourth-order valence-electron chi connectivity index (χ4n) is 2.05. The van der Waals surface area contributed by atoms with Crippen LogP contribution in [0.25, 0.3) is 0 Å². The Morgan fingerprint density at radius 2 is 2.20 bits per heavy atom. The number of hydrogen-bond acceptors (Lipinski definition) is 4. The first-order valence-electron chi connectivity index (χ1n) is 6.49. The van der Waals surface area contributed by atoms with Crippen molar-refractivity contribution in [3.05, 3.63) is 35.4 Å². The van der Waals surface area contributed by atoms with Gasteiger partial charge in [-0.1, -0.05) is 19.1 Å². The minimum absolute atomic E-state index is 0.283. The van der Waals surface area contributed by atoms with E-state index in [-0.39, 0.29) is 4.99 Å². The van der Waals surface area contributed by atoms with Crippen LogP contribution in [-0.4, -0.2) is 19.8 Å². The summed E-state index contributed by atoms with van der Waals surface area (Å²) in [5.74, 6) is 1.29. The summed E-state index contributed by atoms with van der Waals surface area (Å²) in [6, 6.07) is 1.83. The number of aryl methyl sites for hydroxylation is 3. The van der Waals surface area contributed by atoms with Crippen LogP contribution in [-0.2, 0) is 6.54 Å². The van der Waals surface area contributed by atoms with Gasteiger partial charge in [-0.15, -0.1) is 0 Å². The first kappa shape index (κ1) is 14.5. The molecule has 0 aliphatic heterocycles. The highest BCUT2D eigenvalue weighted by Gasteiger charge is 2.14. The maximum absolute atomic E-state index is 5.87. The molecule has 0 saturated carbocycles. The molecule has 5 nitrogen and oxygen atoms in total. The van der Waals surface area contributed by atoms with Crippen molar-refractivity contribution in [1.82, 2.24) is 14.8 Å². The van der Waals surface area contributed by atoms with Crippen molar-refractivity contribution in [2.45, 2.75) is 33.7 Å². The Bertz CT molecular complexity index is 636. The molecule has 0 saturated heterocycles. The van der Waals surface area contributed by atoms with Gasteiger partial charge in [-0.25, -0.2) is 0 Å². The second-order valence-electron chi connectivity index (χ2n) is 4.63. The van der Waals surface area contributed by atoms with E-state index in [1.54, 1.807) is 6.20 Å². The summed E-state index contributed by atoms with van der Waals surface area (Å²) in [5, 5.41) is 4.23. The van der Waals surface area contributed by atoms with Gasteiger partial charge in [0.15, 0.2) is 5.75 Å². The number of nitrogens with two attached hydrogens (primary N) is 1. The molecule has 106 valence electrons. The van der Waals surface area contributed by atoms with E-state index in [4.69, 9.17) is 22.7 Å². The Balaban J connectivity index is 2.34. The van der Waals surface area contributed by atoms with E-state index in [2.05, 4.69) is 17.0 Å². The minimum atomic E-state index is 0.283. The lowest BCUT2D eigenvalue weighted by atomic mass is 10.1. The quantitative estimate of drug-likeness (QED) is 0.858. The number of nitrogens with zero attached hydrogens (tertiary/aromatic N) is 3. The number of hydrogen-bond donors (Lipinski definition) is 1. The Labute approximate surface area is 123 Å². The first-order chi connectivity index (χ1) is 9.51. The molecule has 0 aromatic carbocycles. The van der Waals surface area contributed by atoms with Crippen molar-refractivity contribution >= 4 is 17.2 Å². The van der Waals surface area contributed by atoms with Crippen LogP contribution >= 0.6 is 12.2 Å². The van der Waals surface area contributed by atoms with Crippen LogP contribution in [0, 0.1) is 13.8 Å². The van der Waals surface area contributed by atoms with Gasteiger partial charge in [0.1, 0.15) is 10.7 Å². The molecule has 0 fully saturated rings. The Morgan fingerprint density at radius 1 is 1.45 bits per heavy atom. The van der Waals surface area contributed by atoms with Gasteiger partial charge in [0, 0.05) is 18.3 Å². The molecule has 0 aliphatic carbocycles. The molecule has 0 atom stereocenters. The third kappa shape index (κ3) is 3.14. The van der Waals surface area contributed by atoms with Crippen LogP contribution in [0.4, 0.5) is 0 Å². The normalized spacial score (nSPS) is 10.6. The van der Waals surface area contributed by atoms with E-state index in [1.807, 2.05) is 30.8 Å². The molecule has 2 aromatic rings. The average Bonchev–Trinajstić information content (AvgIpc) is 2.75. The van der Waals surface area contributed by atoms with Gasteiger partial charge in [-0.2, -0.15) is 5.10 Å². The van der Waals surface area contributed by atoms with Gasteiger partial charge in [-0.3, -0.25) is 9.67 Å². The molecular formula is C14H18N4OS. The summed E-state index contributed by atoms with van der Waals surface area (Å²) in [4.78, 5) is 4.65. The lowest BCUT2D eigenvalue weighted by Gasteiger charge is -2.12. The molecule has 0 aliphatic rings. The third-order valence-electron chi connectivity index (χ3n) is 2.83. The zero-order valence-electron chi connectivity index (χ0n) is 11.9.